The molecule has 0 saturated carbocycles. The predicted molar refractivity (Wildman–Crippen MR) is 58.5 cm³/mol. The Kier molecular flexibility index (Phi) is 4.12. The van der Waals surface area contributed by atoms with Gasteiger partial charge in [0.25, 0.3) is 0 Å². The number of halogens is 1. The van der Waals surface area contributed by atoms with Gasteiger partial charge in [0.2, 0.25) is 0 Å². The average molecular weight is 214 g/mol. The summed E-state index contributed by atoms with van der Waals surface area (Å²) in [7, 11) is 0. The lowest BCUT2D eigenvalue weighted by Gasteiger charge is -2.02. The van der Waals surface area contributed by atoms with Crippen molar-refractivity contribution in [3.05, 3.63) is 11.2 Å². The Hall–Kier alpha value is -1.36. The molecule has 3 N–H and O–H groups in total. The van der Waals surface area contributed by atoms with Crippen LogP contribution in [0, 0.1) is 0 Å². The van der Waals surface area contributed by atoms with Crippen molar-refractivity contribution in [1.29, 1.82) is 0 Å². The van der Waals surface area contributed by atoms with Gasteiger partial charge in [-0.25, -0.2) is 0 Å². The quantitative estimate of drug-likeness (QED) is 0.592. The summed E-state index contributed by atoms with van der Waals surface area (Å²) in [6.07, 6.45) is 5.09. The number of rotatable bonds is 4. The maximum absolute atomic E-state index is 5.84. The zero-order valence-electron chi connectivity index (χ0n) is 7.87. The van der Waals surface area contributed by atoms with E-state index < -0.39 is 0 Å². The summed E-state index contributed by atoms with van der Waals surface area (Å²) in [6, 6.07) is 0. The van der Waals surface area contributed by atoms with Crippen LogP contribution in [0.3, 0.4) is 0 Å². The summed E-state index contributed by atoms with van der Waals surface area (Å²) in [6.45, 7) is 2.07. The normalized spacial score (nSPS) is 10.7. The lowest BCUT2D eigenvalue weighted by molar-refractivity contribution is 0.996. The Morgan fingerprint density at radius 2 is 2.50 bits per heavy atom. The molecule has 0 unspecified atom stereocenters. The van der Waals surface area contributed by atoms with E-state index in [1.165, 1.54) is 6.20 Å². The fourth-order valence-corrected chi connectivity index (χ4v) is 0.887. The summed E-state index contributed by atoms with van der Waals surface area (Å²) in [5.41, 5.74) is 8.58. The van der Waals surface area contributed by atoms with Crippen LogP contribution < -0.4 is 11.2 Å². The first-order valence-corrected chi connectivity index (χ1v) is 4.67. The molecule has 0 radical (unpaired) electrons. The molecule has 1 heterocycles. The molecule has 14 heavy (non-hydrogen) atoms. The standard InChI is InChI=1S/C8H12ClN5/c1-2-3-4-11-13-8-7(9)6(10)5-12-14-8/h4-5H,2-3H2,1H3,(H3,10,13,14)/b11-4+. The Balaban J connectivity index is 2.63. The number of hydrazone groups is 1. The summed E-state index contributed by atoms with van der Waals surface area (Å²) < 4.78 is 0. The Morgan fingerprint density at radius 3 is 3.21 bits per heavy atom. The highest BCUT2D eigenvalue weighted by Crippen LogP contribution is 2.23. The highest BCUT2D eigenvalue weighted by atomic mass is 35.5. The van der Waals surface area contributed by atoms with E-state index >= 15 is 0 Å². The van der Waals surface area contributed by atoms with Crippen molar-refractivity contribution in [2.45, 2.75) is 19.8 Å². The van der Waals surface area contributed by atoms with Crippen LogP contribution in [0.1, 0.15) is 19.8 Å². The van der Waals surface area contributed by atoms with Gasteiger partial charge in [-0.1, -0.05) is 24.9 Å². The molecule has 76 valence electrons. The Bertz CT molecular complexity index is 326. The SMILES string of the molecule is CCC/C=N/Nc1nncc(N)c1Cl. The van der Waals surface area contributed by atoms with Crippen molar-refractivity contribution in [2.24, 2.45) is 5.10 Å². The maximum atomic E-state index is 5.84. The molecule has 0 atom stereocenters. The van der Waals surface area contributed by atoms with Crippen LogP contribution in [0.5, 0.6) is 0 Å². The van der Waals surface area contributed by atoms with Gasteiger partial charge in [0.05, 0.1) is 11.9 Å². The average Bonchev–Trinajstić information content (AvgIpc) is 2.19. The van der Waals surface area contributed by atoms with Gasteiger partial charge in [-0.05, 0) is 6.42 Å². The number of nitrogens with one attached hydrogen (secondary N) is 1. The molecule has 0 spiro atoms. The van der Waals surface area contributed by atoms with Crippen LogP contribution >= 0.6 is 11.6 Å². The van der Waals surface area contributed by atoms with Crippen molar-refractivity contribution < 1.29 is 0 Å². The highest BCUT2D eigenvalue weighted by Gasteiger charge is 2.03. The van der Waals surface area contributed by atoms with Gasteiger partial charge < -0.3 is 5.73 Å². The van der Waals surface area contributed by atoms with Gasteiger partial charge in [0, 0.05) is 6.21 Å². The van der Waals surface area contributed by atoms with Crippen molar-refractivity contribution in [1.82, 2.24) is 10.2 Å². The number of aromatic nitrogens is 2. The molecular weight excluding hydrogens is 202 g/mol. The van der Waals surface area contributed by atoms with Gasteiger partial charge in [-0.3, -0.25) is 5.43 Å². The van der Waals surface area contributed by atoms with E-state index in [4.69, 9.17) is 17.3 Å². The Labute approximate surface area is 87.4 Å². The number of anilines is 2. The van der Waals surface area contributed by atoms with Gasteiger partial charge in [-0.15, -0.1) is 5.10 Å². The molecule has 6 heteroatoms. The minimum Gasteiger partial charge on any atom is -0.396 e. The minimum atomic E-state index is 0.341. The van der Waals surface area contributed by atoms with Gasteiger partial charge in [0.1, 0.15) is 5.02 Å². The number of hydrogen-bond donors (Lipinski definition) is 2. The summed E-state index contributed by atoms with van der Waals surface area (Å²) in [5.74, 6) is 0.374. The molecule has 0 fully saturated rings. The third-order valence-electron chi connectivity index (χ3n) is 1.50. The first-order valence-electron chi connectivity index (χ1n) is 4.30. The summed E-state index contributed by atoms with van der Waals surface area (Å²) in [5, 5.41) is 11.7. The van der Waals surface area contributed by atoms with Crippen LogP contribution in [0.2, 0.25) is 5.02 Å². The predicted octanol–water partition coefficient (Wildman–Crippen LogP) is 1.91. The highest BCUT2D eigenvalue weighted by molar-refractivity contribution is 6.35. The van der Waals surface area contributed by atoms with Crippen molar-refractivity contribution in [3.8, 4) is 0 Å². The van der Waals surface area contributed by atoms with Crippen LogP contribution in [0.25, 0.3) is 0 Å². The van der Waals surface area contributed by atoms with E-state index in [-0.39, 0.29) is 0 Å². The maximum Gasteiger partial charge on any atom is 0.189 e. The minimum absolute atomic E-state index is 0.341. The topological polar surface area (TPSA) is 76.2 Å². The number of nitrogen functional groups attached to an aromatic ring is 1. The lowest BCUT2D eigenvalue weighted by atomic mass is 10.4. The second-order valence-electron chi connectivity index (χ2n) is 2.67. The number of unbranched alkanes of at least 4 members (excludes halogenated alkanes) is 1. The third-order valence-corrected chi connectivity index (χ3v) is 1.89. The first-order chi connectivity index (χ1) is 6.75. The molecule has 0 aromatic carbocycles. The fourth-order valence-electron chi connectivity index (χ4n) is 0.758. The molecular formula is C8H12ClN5. The molecule has 0 saturated heterocycles. The van der Waals surface area contributed by atoms with Crippen LogP contribution in [0.15, 0.2) is 11.3 Å². The number of nitrogens with zero attached hydrogens (tertiary/aromatic N) is 3. The second-order valence-corrected chi connectivity index (χ2v) is 3.05. The van der Waals surface area contributed by atoms with E-state index in [1.807, 2.05) is 0 Å². The van der Waals surface area contributed by atoms with Crippen molar-refractivity contribution >= 4 is 29.3 Å². The molecule has 0 bridgehead atoms. The van der Waals surface area contributed by atoms with E-state index in [1.54, 1.807) is 6.21 Å². The van der Waals surface area contributed by atoms with Crippen LogP contribution in [0.4, 0.5) is 11.5 Å². The monoisotopic (exact) mass is 213 g/mol. The fraction of sp³-hybridized carbons (Fsp3) is 0.375. The van der Waals surface area contributed by atoms with E-state index in [0.29, 0.717) is 16.5 Å². The van der Waals surface area contributed by atoms with Crippen LogP contribution in [-0.4, -0.2) is 16.4 Å². The third kappa shape index (κ3) is 2.85. The smallest absolute Gasteiger partial charge is 0.189 e. The molecule has 0 aliphatic carbocycles. The summed E-state index contributed by atoms with van der Waals surface area (Å²) in [4.78, 5) is 0. The lowest BCUT2D eigenvalue weighted by Crippen LogP contribution is -1.98. The zero-order valence-corrected chi connectivity index (χ0v) is 8.62. The van der Waals surface area contributed by atoms with Gasteiger partial charge in [0.15, 0.2) is 5.82 Å². The van der Waals surface area contributed by atoms with Gasteiger partial charge in [-0.2, -0.15) is 10.2 Å². The van der Waals surface area contributed by atoms with Gasteiger partial charge >= 0.3 is 0 Å². The number of nitrogens with two attached hydrogens (primary N) is 1. The zero-order chi connectivity index (χ0) is 10.4. The molecule has 0 aliphatic heterocycles. The number of hydrogen-bond acceptors (Lipinski definition) is 5. The molecule has 1 aromatic heterocycles. The molecule has 5 nitrogen and oxygen atoms in total. The Morgan fingerprint density at radius 1 is 1.71 bits per heavy atom. The van der Waals surface area contributed by atoms with E-state index in [0.717, 1.165) is 12.8 Å². The van der Waals surface area contributed by atoms with Crippen LogP contribution in [-0.2, 0) is 0 Å². The largest absolute Gasteiger partial charge is 0.396 e. The van der Waals surface area contributed by atoms with E-state index in [2.05, 4.69) is 27.6 Å². The molecule has 0 aliphatic rings. The second kappa shape index (κ2) is 5.39. The summed E-state index contributed by atoms with van der Waals surface area (Å²) >= 11 is 5.84. The molecule has 1 aromatic rings. The van der Waals surface area contributed by atoms with Crippen molar-refractivity contribution in [2.75, 3.05) is 11.2 Å². The first kappa shape index (κ1) is 10.7. The van der Waals surface area contributed by atoms with E-state index in [9.17, 15) is 0 Å². The molecule has 0 amide bonds. The molecule has 1 rings (SSSR count). The van der Waals surface area contributed by atoms with Crippen molar-refractivity contribution in [3.63, 3.8) is 0 Å².